The zero-order valence-corrected chi connectivity index (χ0v) is 14.9. The Morgan fingerprint density at radius 2 is 2.00 bits per heavy atom. The van der Waals surface area contributed by atoms with Crippen molar-refractivity contribution in [2.45, 2.75) is 19.9 Å². The number of carbonyl (C=O) groups is 1. The number of anilines is 1. The Bertz CT molecular complexity index is 755. The molecule has 0 radical (unpaired) electrons. The van der Waals surface area contributed by atoms with Gasteiger partial charge in [0, 0.05) is 24.3 Å². The summed E-state index contributed by atoms with van der Waals surface area (Å²) in [4.78, 5) is 14.8. The zero-order chi connectivity index (χ0) is 16.2. The fraction of sp³-hybridized carbons (Fsp3) is 0.250. The first-order chi connectivity index (χ1) is 11.2. The lowest BCUT2D eigenvalue weighted by molar-refractivity contribution is 0.102. The van der Waals surface area contributed by atoms with E-state index >= 15 is 0 Å². The largest absolute Gasteiger partial charge is 0.322 e. The number of hydrogen-bond acceptors (Lipinski definition) is 2. The summed E-state index contributed by atoms with van der Waals surface area (Å²) in [5.41, 5.74) is 5.26. The van der Waals surface area contributed by atoms with Gasteiger partial charge in [-0.2, -0.15) is 0 Å². The minimum absolute atomic E-state index is 0. The Morgan fingerprint density at radius 1 is 1.17 bits per heavy atom. The maximum Gasteiger partial charge on any atom is 0.255 e. The quantitative estimate of drug-likeness (QED) is 0.897. The zero-order valence-electron chi connectivity index (χ0n) is 14.1. The molecule has 4 heteroatoms. The van der Waals surface area contributed by atoms with E-state index in [1.54, 1.807) is 0 Å². The monoisotopic (exact) mass is 342 g/mol. The highest BCUT2D eigenvalue weighted by Crippen LogP contribution is 2.22. The van der Waals surface area contributed by atoms with Gasteiger partial charge in [0.1, 0.15) is 0 Å². The maximum absolute atomic E-state index is 12.5. The number of allylic oxidation sites excluding steroid dienone is 1. The van der Waals surface area contributed by atoms with Crippen LogP contribution in [0, 0.1) is 0 Å². The molecule has 24 heavy (non-hydrogen) atoms. The van der Waals surface area contributed by atoms with E-state index in [1.807, 2.05) is 49.4 Å². The van der Waals surface area contributed by atoms with Gasteiger partial charge in [-0.05, 0) is 61.3 Å². The Morgan fingerprint density at radius 3 is 2.79 bits per heavy atom. The van der Waals surface area contributed by atoms with Crippen LogP contribution in [0.5, 0.6) is 0 Å². The van der Waals surface area contributed by atoms with Gasteiger partial charge in [0.05, 0.1) is 0 Å². The average molecular weight is 343 g/mol. The smallest absolute Gasteiger partial charge is 0.255 e. The summed E-state index contributed by atoms with van der Waals surface area (Å²) in [6.45, 7) is 4.00. The molecule has 126 valence electrons. The first-order valence-electron chi connectivity index (χ1n) is 8.00. The summed E-state index contributed by atoms with van der Waals surface area (Å²) >= 11 is 0. The number of hydrogen-bond donors (Lipinski definition) is 1. The molecule has 2 aromatic carbocycles. The molecule has 0 saturated heterocycles. The normalized spacial score (nSPS) is 14.1. The number of likely N-dealkylation sites (N-methyl/N-ethyl adjacent to an activating group) is 1. The molecule has 0 fully saturated rings. The molecule has 0 aliphatic carbocycles. The van der Waals surface area contributed by atoms with Crippen LogP contribution >= 0.6 is 12.4 Å². The van der Waals surface area contributed by atoms with Gasteiger partial charge in [0.15, 0.2) is 0 Å². The number of halogens is 1. The third-order valence-electron chi connectivity index (χ3n) is 4.18. The van der Waals surface area contributed by atoms with E-state index in [9.17, 15) is 4.79 Å². The number of carbonyl (C=O) groups excluding carboxylic acids is 1. The van der Waals surface area contributed by atoms with E-state index in [0.717, 1.165) is 30.8 Å². The number of fused-ring (bicyclic) bond motifs is 1. The second-order valence-electron chi connectivity index (χ2n) is 6.05. The van der Waals surface area contributed by atoms with Crippen molar-refractivity contribution < 1.29 is 4.79 Å². The van der Waals surface area contributed by atoms with E-state index in [0.29, 0.717) is 5.56 Å². The molecule has 0 aromatic heterocycles. The molecule has 1 heterocycles. The predicted molar refractivity (Wildman–Crippen MR) is 103 cm³/mol. The van der Waals surface area contributed by atoms with Crippen molar-refractivity contribution in [1.82, 2.24) is 4.90 Å². The minimum atomic E-state index is -0.0690. The van der Waals surface area contributed by atoms with Crippen molar-refractivity contribution in [3.05, 3.63) is 70.8 Å². The molecule has 0 unspecified atom stereocenters. The number of nitrogens with one attached hydrogen (secondary N) is 1. The highest BCUT2D eigenvalue weighted by molar-refractivity contribution is 6.04. The van der Waals surface area contributed by atoms with Crippen molar-refractivity contribution in [2.75, 3.05) is 18.9 Å². The van der Waals surface area contributed by atoms with Crippen LogP contribution in [0.2, 0.25) is 0 Å². The fourth-order valence-corrected chi connectivity index (χ4v) is 2.96. The van der Waals surface area contributed by atoms with Crippen molar-refractivity contribution in [3.8, 4) is 0 Å². The first-order valence-corrected chi connectivity index (χ1v) is 8.00. The third-order valence-corrected chi connectivity index (χ3v) is 4.18. The van der Waals surface area contributed by atoms with Gasteiger partial charge in [-0.25, -0.2) is 0 Å². The van der Waals surface area contributed by atoms with Gasteiger partial charge in [0.2, 0.25) is 0 Å². The number of amides is 1. The van der Waals surface area contributed by atoms with Gasteiger partial charge in [-0.3, -0.25) is 4.79 Å². The van der Waals surface area contributed by atoms with Crippen LogP contribution in [0.15, 0.2) is 48.5 Å². The molecular formula is C20H23ClN2O. The molecule has 3 nitrogen and oxygen atoms in total. The van der Waals surface area contributed by atoms with Crippen LogP contribution in [-0.2, 0) is 13.0 Å². The lowest BCUT2D eigenvalue weighted by Crippen LogP contribution is -2.26. The van der Waals surface area contributed by atoms with Gasteiger partial charge in [0.25, 0.3) is 5.91 Å². The van der Waals surface area contributed by atoms with Gasteiger partial charge < -0.3 is 10.2 Å². The standard InChI is InChI=1S/C20H22N2O.ClH/c1-3-5-15-6-4-7-17(12-15)20(23)21-19-9-8-16-10-11-22(2)14-18(16)13-19;/h3-9,12-13H,10-11,14H2,1-2H3,(H,21,23);1H/b5-3+;. The lowest BCUT2D eigenvalue weighted by Gasteiger charge is -2.25. The Hall–Kier alpha value is -2.10. The van der Waals surface area contributed by atoms with Gasteiger partial charge in [-0.15, -0.1) is 12.4 Å². The summed E-state index contributed by atoms with van der Waals surface area (Å²) in [7, 11) is 2.13. The summed E-state index contributed by atoms with van der Waals surface area (Å²) in [6.07, 6.45) is 5.04. The average Bonchev–Trinajstić information content (AvgIpc) is 2.55. The molecule has 1 amide bonds. The van der Waals surface area contributed by atoms with Crippen LogP contribution in [-0.4, -0.2) is 24.4 Å². The Kier molecular flexibility index (Phi) is 6.18. The maximum atomic E-state index is 12.5. The van der Waals surface area contributed by atoms with Gasteiger partial charge in [-0.1, -0.05) is 30.4 Å². The summed E-state index contributed by atoms with van der Waals surface area (Å²) < 4.78 is 0. The van der Waals surface area contributed by atoms with Crippen molar-refractivity contribution >= 4 is 30.1 Å². The molecular weight excluding hydrogens is 320 g/mol. The van der Waals surface area contributed by atoms with Crippen LogP contribution in [0.4, 0.5) is 5.69 Å². The van der Waals surface area contributed by atoms with Crippen molar-refractivity contribution in [2.24, 2.45) is 0 Å². The topological polar surface area (TPSA) is 32.3 Å². The van der Waals surface area contributed by atoms with E-state index < -0.39 is 0 Å². The van der Waals surface area contributed by atoms with Crippen molar-refractivity contribution in [3.63, 3.8) is 0 Å². The molecule has 1 aliphatic rings. The molecule has 1 aliphatic heterocycles. The molecule has 3 rings (SSSR count). The highest BCUT2D eigenvalue weighted by atomic mass is 35.5. The molecule has 0 atom stereocenters. The van der Waals surface area contributed by atoms with Crippen LogP contribution in [0.25, 0.3) is 6.08 Å². The second-order valence-corrected chi connectivity index (χ2v) is 6.05. The second kappa shape index (κ2) is 8.13. The van der Waals surface area contributed by atoms with E-state index in [1.165, 1.54) is 11.1 Å². The summed E-state index contributed by atoms with van der Waals surface area (Å²) in [5.74, 6) is -0.0690. The molecule has 0 spiro atoms. The molecule has 2 aromatic rings. The minimum Gasteiger partial charge on any atom is -0.322 e. The van der Waals surface area contributed by atoms with Crippen LogP contribution in [0.1, 0.15) is 34.0 Å². The lowest BCUT2D eigenvalue weighted by atomic mass is 9.99. The molecule has 0 saturated carbocycles. The number of benzene rings is 2. The molecule has 1 N–H and O–H groups in total. The summed E-state index contributed by atoms with van der Waals surface area (Å²) in [6, 6.07) is 13.9. The van der Waals surface area contributed by atoms with Crippen LogP contribution in [0.3, 0.4) is 0 Å². The Balaban J connectivity index is 0.00000208. The Labute approximate surface area is 149 Å². The van der Waals surface area contributed by atoms with Crippen molar-refractivity contribution in [1.29, 1.82) is 0 Å². The first kappa shape index (κ1) is 18.2. The van der Waals surface area contributed by atoms with E-state index in [2.05, 4.69) is 29.4 Å². The SMILES string of the molecule is C/C=C/c1cccc(C(=O)Nc2ccc3c(c2)CN(C)CC3)c1.Cl. The third kappa shape index (κ3) is 4.25. The predicted octanol–water partition coefficient (Wildman–Crippen LogP) is 4.38. The fourth-order valence-electron chi connectivity index (χ4n) is 2.96. The van der Waals surface area contributed by atoms with Gasteiger partial charge >= 0.3 is 0 Å². The number of nitrogens with zero attached hydrogens (tertiary/aromatic N) is 1. The van der Waals surface area contributed by atoms with Crippen LogP contribution < -0.4 is 5.32 Å². The number of rotatable bonds is 3. The van der Waals surface area contributed by atoms with E-state index in [4.69, 9.17) is 0 Å². The highest BCUT2D eigenvalue weighted by Gasteiger charge is 2.14. The molecule has 0 bridgehead atoms. The summed E-state index contributed by atoms with van der Waals surface area (Å²) in [5, 5.41) is 3.01. The van der Waals surface area contributed by atoms with E-state index in [-0.39, 0.29) is 18.3 Å².